The second-order valence-corrected chi connectivity index (χ2v) is 17.6. The smallest absolute Gasteiger partial charge is 0.0104 e. The van der Waals surface area contributed by atoms with E-state index in [1.165, 1.54) is 136 Å². The summed E-state index contributed by atoms with van der Waals surface area (Å²) >= 11 is 0. The lowest BCUT2D eigenvalue weighted by molar-refractivity contribution is 0.291. The van der Waals surface area contributed by atoms with E-state index in [9.17, 15) is 0 Å². The molecule has 5 aliphatic rings. The van der Waals surface area contributed by atoms with Crippen LogP contribution in [0.15, 0.2) is 0 Å². The summed E-state index contributed by atoms with van der Waals surface area (Å²) < 4.78 is 0. The van der Waals surface area contributed by atoms with Crippen LogP contribution in [0.4, 0.5) is 0 Å². The summed E-state index contributed by atoms with van der Waals surface area (Å²) in [5.74, 6) is 4.17. The molecule has 0 aromatic carbocycles. The average molecular weight is 733 g/mol. The van der Waals surface area contributed by atoms with Gasteiger partial charge in [-0.05, 0) is 140 Å². The fourth-order valence-electron chi connectivity index (χ4n) is 3.81. The molecule has 6 heteroatoms. The van der Waals surface area contributed by atoms with Gasteiger partial charge in [-0.1, -0.05) is 131 Å². The lowest BCUT2D eigenvalue weighted by Crippen LogP contribution is -2.40. The number of rotatable bonds is 0. The quantitative estimate of drug-likeness (QED) is 0.171. The van der Waals surface area contributed by atoms with E-state index in [4.69, 9.17) is 0 Å². The van der Waals surface area contributed by atoms with Crippen LogP contribution in [0, 0.1) is 29.6 Å². The van der Waals surface area contributed by atoms with Crippen LogP contribution < -0.4 is 26.6 Å². The van der Waals surface area contributed by atoms with Gasteiger partial charge in [0, 0.05) is 26.2 Å². The summed E-state index contributed by atoms with van der Waals surface area (Å²) in [6.45, 7) is 47.2. The van der Waals surface area contributed by atoms with Crippen LogP contribution in [0.5, 0.6) is 0 Å². The molecule has 5 fully saturated rings. The molecular formula is C45H108N6. The molecule has 0 amide bonds. The van der Waals surface area contributed by atoms with Gasteiger partial charge in [-0.3, -0.25) is 0 Å². The molecular weight excluding hydrogens is 625 g/mol. The van der Waals surface area contributed by atoms with Crippen LogP contribution in [0.1, 0.15) is 182 Å². The Bertz CT molecular complexity index is 384. The second kappa shape index (κ2) is 56.5. The van der Waals surface area contributed by atoms with E-state index in [-0.39, 0.29) is 7.43 Å². The van der Waals surface area contributed by atoms with Crippen LogP contribution in [-0.2, 0) is 0 Å². The Labute approximate surface area is 327 Å². The lowest BCUT2D eigenvalue weighted by Gasteiger charge is -2.21. The molecule has 0 saturated carbocycles. The molecule has 5 N–H and O–H groups in total. The number of hydrogen-bond donors (Lipinski definition) is 5. The Morgan fingerprint density at radius 1 is 0.275 bits per heavy atom. The third-order valence-electron chi connectivity index (χ3n) is 5.92. The minimum absolute atomic E-state index is 0. The highest BCUT2D eigenvalue weighted by Crippen LogP contribution is 1.98. The van der Waals surface area contributed by atoms with Gasteiger partial charge in [-0.15, -0.1) is 0 Å². The molecule has 5 saturated heterocycles. The van der Waals surface area contributed by atoms with Gasteiger partial charge in [0.2, 0.25) is 0 Å². The summed E-state index contributed by atoms with van der Waals surface area (Å²) in [7, 11) is 2.15. The van der Waals surface area contributed by atoms with Gasteiger partial charge in [0.15, 0.2) is 0 Å². The molecule has 318 valence electrons. The van der Waals surface area contributed by atoms with Crippen molar-refractivity contribution in [3.8, 4) is 0 Å². The van der Waals surface area contributed by atoms with Crippen molar-refractivity contribution in [1.82, 2.24) is 31.5 Å². The number of likely N-dealkylation sites (N-methyl/N-ethyl adjacent to an activating group) is 1. The normalized spacial score (nSPS) is 17.8. The summed E-state index contributed by atoms with van der Waals surface area (Å²) in [5.41, 5.74) is 0. The fourth-order valence-corrected chi connectivity index (χ4v) is 3.81. The summed E-state index contributed by atoms with van der Waals surface area (Å²) in [5, 5.41) is 16.3. The maximum absolute atomic E-state index is 3.28. The van der Waals surface area contributed by atoms with E-state index in [1.807, 2.05) is 0 Å². The molecule has 5 aliphatic heterocycles. The predicted octanol–water partition coefficient (Wildman–Crippen LogP) is 11.1. The molecule has 0 aliphatic carbocycles. The number of piperidine rings is 3. The number of nitrogens with one attached hydrogen (secondary N) is 5. The first-order valence-electron chi connectivity index (χ1n) is 21.8. The SMILES string of the molecule is C.C1CCNC1.C1CCNCC1.C1CCNCC1.C1CCNCC1.CC(C)C.CC(C)C.CC(C)C.CC(C)C.CC(C)C.CN1CCNCC1. The van der Waals surface area contributed by atoms with E-state index in [1.54, 1.807) is 0 Å². The highest BCUT2D eigenvalue weighted by Gasteiger charge is 2.01. The number of nitrogens with zero attached hydrogens (tertiary/aromatic N) is 1. The van der Waals surface area contributed by atoms with E-state index in [0.29, 0.717) is 0 Å². The Kier molecular flexibility index (Phi) is 69.5. The Balaban J connectivity index is -0.000000111. The zero-order valence-electron chi connectivity index (χ0n) is 38.1. The molecule has 51 heavy (non-hydrogen) atoms. The Morgan fingerprint density at radius 3 is 0.490 bits per heavy atom. The monoisotopic (exact) mass is 733 g/mol. The third-order valence-corrected chi connectivity index (χ3v) is 5.92. The molecule has 0 unspecified atom stereocenters. The number of piperazine rings is 1. The van der Waals surface area contributed by atoms with Crippen LogP contribution >= 0.6 is 0 Å². The van der Waals surface area contributed by atoms with Crippen LogP contribution in [0.2, 0.25) is 0 Å². The first kappa shape index (κ1) is 62.7. The minimum Gasteiger partial charge on any atom is -0.317 e. The highest BCUT2D eigenvalue weighted by atomic mass is 15.2. The van der Waals surface area contributed by atoms with Gasteiger partial charge < -0.3 is 31.5 Å². The zero-order chi connectivity index (χ0) is 39.3. The predicted molar refractivity (Wildman–Crippen MR) is 242 cm³/mol. The minimum atomic E-state index is 0. The van der Waals surface area contributed by atoms with E-state index >= 15 is 0 Å². The van der Waals surface area contributed by atoms with Crippen molar-refractivity contribution in [2.45, 2.75) is 182 Å². The fraction of sp³-hybridized carbons (Fsp3) is 1.00. The van der Waals surface area contributed by atoms with E-state index in [0.717, 1.165) is 42.7 Å². The van der Waals surface area contributed by atoms with Crippen molar-refractivity contribution in [1.29, 1.82) is 0 Å². The van der Waals surface area contributed by atoms with Crippen molar-refractivity contribution < 1.29 is 0 Å². The van der Waals surface area contributed by atoms with Gasteiger partial charge >= 0.3 is 0 Å². The number of hydrogen-bond acceptors (Lipinski definition) is 6. The molecule has 0 aromatic heterocycles. The average Bonchev–Trinajstić information content (AvgIpc) is 3.65. The van der Waals surface area contributed by atoms with Gasteiger partial charge in [0.1, 0.15) is 0 Å². The van der Waals surface area contributed by atoms with E-state index in [2.05, 4.69) is 142 Å². The maximum Gasteiger partial charge on any atom is 0.0104 e. The summed E-state index contributed by atoms with van der Waals surface area (Å²) in [4.78, 5) is 2.33. The summed E-state index contributed by atoms with van der Waals surface area (Å²) in [6.07, 6.45) is 15.4. The molecule has 5 rings (SSSR count). The molecule has 0 bridgehead atoms. The molecule has 0 radical (unpaired) electrons. The van der Waals surface area contributed by atoms with E-state index < -0.39 is 0 Å². The van der Waals surface area contributed by atoms with Crippen molar-refractivity contribution >= 4 is 0 Å². The maximum atomic E-state index is 3.28. The topological polar surface area (TPSA) is 63.4 Å². The van der Waals surface area contributed by atoms with Crippen molar-refractivity contribution in [3.05, 3.63) is 0 Å². The first-order valence-corrected chi connectivity index (χ1v) is 21.8. The molecule has 0 aromatic rings. The van der Waals surface area contributed by atoms with Crippen LogP contribution in [0.3, 0.4) is 0 Å². The molecule has 0 atom stereocenters. The Hall–Kier alpha value is -0.240. The van der Waals surface area contributed by atoms with Gasteiger partial charge in [-0.2, -0.15) is 0 Å². The second-order valence-electron chi connectivity index (χ2n) is 17.6. The molecule has 6 nitrogen and oxygen atoms in total. The first-order chi connectivity index (χ1) is 23.6. The van der Waals surface area contributed by atoms with Gasteiger partial charge in [0.05, 0.1) is 0 Å². The third kappa shape index (κ3) is 120. The standard InChI is InChI=1S/C5H12N2.3C5H11N.C4H9N.5C4H10.CH4/c1-7-4-2-6-3-5-7;3*1-2-4-6-5-3-1;1-2-4-5-3-1;5*1-4(2)3;/h6H,2-5H2,1H3;3*6H,1-5H2;5H,1-4H2;5*4H,1-3H3;1H4. The lowest BCUT2D eigenvalue weighted by atomic mass is 10.2. The zero-order valence-corrected chi connectivity index (χ0v) is 38.1. The van der Waals surface area contributed by atoms with Crippen molar-refractivity contribution in [2.75, 3.05) is 85.6 Å². The van der Waals surface area contributed by atoms with Crippen LogP contribution in [-0.4, -0.2) is 90.5 Å². The van der Waals surface area contributed by atoms with Crippen molar-refractivity contribution in [3.63, 3.8) is 0 Å². The van der Waals surface area contributed by atoms with Crippen molar-refractivity contribution in [2.24, 2.45) is 29.6 Å². The highest BCUT2D eigenvalue weighted by molar-refractivity contribution is 4.62. The molecule has 5 heterocycles. The molecule has 0 spiro atoms. The van der Waals surface area contributed by atoms with Crippen LogP contribution in [0.25, 0.3) is 0 Å². The van der Waals surface area contributed by atoms with Gasteiger partial charge in [0.25, 0.3) is 0 Å². The largest absolute Gasteiger partial charge is 0.317 e. The summed E-state index contributed by atoms with van der Waals surface area (Å²) in [6, 6.07) is 0. The van der Waals surface area contributed by atoms with Gasteiger partial charge in [-0.25, -0.2) is 0 Å². The Morgan fingerprint density at radius 2 is 0.412 bits per heavy atom.